The summed E-state index contributed by atoms with van der Waals surface area (Å²) in [6.07, 6.45) is 0. The van der Waals surface area contributed by atoms with Crippen LogP contribution in [0.4, 0.5) is 0 Å². The molecule has 2 saturated heterocycles. The molecule has 1 aromatic carbocycles. The van der Waals surface area contributed by atoms with E-state index in [1.165, 1.54) is 12.0 Å². The quantitative estimate of drug-likeness (QED) is 0.248. The number of H-pyrrole nitrogens is 1. The Morgan fingerprint density at radius 2 is 1.83 bits per heavy atom. The van der Waals surface area contributed by atoms with E-state index in [0.29, 0.717) is 48.7 Å². The lowest BCUT2D eigenvalue weighted by atomic mass is 9.94. The molecule has 1 aromatic heterocycles. The standard InChI is InChI=1S/C25H28BrN3O6/c1-14-18(15(2)27-20(14)25(33)34-3)22(30)19-21(16-4-6-17(26)7-5-16)29(24(32)23(19)31)9-8-28-10-12-35-13-11-28/h4-7,21,27,30H,8-13H2,1-3H3/t21-/m1/s1. The van der Waals surface area contributed by atoms with Gasteiger partial charge in [-0.15, -0.1) is 0 Å². The number of rotatable bonds is 6. The molecule has 2 aliphatic rings. The Kier molecular flexibility index (Phi) is 7.44. The van der Waals surface area contributed by atoms with Crippen molar-refractivity contribution >= 4 is 39.3 Å². The van der Waals surface area contributed by atoms with Crippen LogP contribution in [-0.4, -0.2) is 84.1 Å². The molecule has 0 aliphatic carbocycles. The van der Waals surface area contributed by atoms with Crippen LogP contribution in [0.3, 0.4) is 0 Å². The van der Waals surface area contributed by atoms with Crippen LogP contribution in [0.5, 0.6) is 0 Å². The Morgan fingerprint density at radius 3 is 2.46 bits per heavy atom. The van der Waals surface area contributed by atoms with E-state index >= 15 is 0 Å². The summed E-state index contributed by atoms with van der Waals surface area (Å²) in [5, 5.41) is 11.4. The maximum absolute atomic E-state index is 13.3. The van der Waals surface area contributed by atoms with E-state index in [4.69, 9.17) is 9.47 Å². The number of halogens is 1. The molecule has 186 valence electrons. The Morgan fingerprint density at radius 1 is 1.17 bits per heavy atom. The van der Waals surface area contributed by atoms with Crippen molar-refractivity contribution < 1.29 is 29.0 Å². The van der Waals surface area contributed by atoms with Gasteiger partial charge in [0.05, 0.1) is 31.9 Å². The van der Waals surface area contributed by atoms with Crippen LogP contribution in [0, 0.1) is 13.8 Å². The van der Waals surface area contributed by atoms with Gasteiger partial charge in [0.2, 0.25) is 0 Å². The number of likely N-dealkylation sites (tertiary alicyclic amines) is 1. The third kappa shape index (κ3) is 4.78. The topological polar surface area (TPSA) is 112 Å². The summed E-state index contributed by atoms with van der Waals surface area (Å²) in [6, 6.07) is 6.55. The van der Waals surface area contributed by atoms with Gasteiger partial charge in [0, 0.05) is 41.9 Å². The number of morpholine rings is 1. The van der Waals surface area contributed by atoms with Crippen molar-refractivity contribution in [2.24, 2.45) is 0 Å². The Hall–Kier alpha value is -2.95. The molecule has 1 amide bonds. The fraction of sp³-hybridized carbons (Fsp3) is 0.400. The number of benzene rings is 1. The maximum Gasteiger partial charge on any atom is 0.354 e. The lowest BCUT2D eigenvalue weighted by Gasteiger charge is -2.31. The average Bonchev–Trinajstić information content (AvgIpc) is 3.30. The van der Waals surface area contributed by atoms with Crippen molar-refractivity contribution in [3.8, 4) is 0 Å². The predicted molar refractivity (Wildman–Crippen MR) is 132 cm³/mol. The van der Waals surface area contributed by atoms with Gasteiger partial charge in [-0.1, -0.05) is 28.1 Å². The van der Waals surface area contributed by atoms with Crippen molar-refractivity contribution in [2.75, 3.05) is 46.5 Å². The van der Waals surface area contributed by atoms with Gasteiger partial charge >= 0.3 is 5.97 Å². The number of aryl methyl sites for hydroxylation is 1. The highest BCUT2D eigenvalue weighted by molar-refractivity contribution is 9.10. The second-order valence-corrected chi connectivity index (χ2v) is 9.53. The molecule has 10 heteroatoms. The normalized spacial score (nSPS) is 20.5. The molecule has 4 rings (SSSR count). The van der Waals surface area contributed by atoms with Gasteiger partial charge in [-0.2, -0.15) is 0 Å². The molecule has 2 aromatic rings. The van der Waals surface area contributed by atoms with Crippen molar-refractivity contribution in [3.63, 3.8) is 0 Å². The zero-order valence-corrected chi connectivity index (χ0v) is 21.5. The van der Waals surface area contributed by atoms with E-state index < -0.39 is 23.7 Å². The number of ketones is 1. The molecular formula is C25H28BrN3O6. The van der Waals surface area contributed by atoms with Gasteiger partial charge in [0.15, 0.2) is 0 Å². The fourth-order valence-electron chi connectivity index (χ4n) is 4.72. The fourth-order valence-corrected chi connectivity index (χ4v) is 4.99. The summed E-state index contributed by atoms with van der Waals surface area (Å²) in [7, 11) is 1.27. The number of methoxy groups -OCH3 is 1. The number of aliphatic hydroxyl groups excluding tert-OH is 1. The van der Waals surface area contributed by atoms with Gasteiger partial charge < -0.3 is 24.5 Å². The number of carbonyl (C=O) groups excluding carboxylic acids is 3. The molecule has 2 fully saturated rings. The summed E-state index contributed by atoms with van der Waals surface area (Å²) in [6.45, 7) is 7.02. The number of ether oxygens (including phenoxy) is 2. The minimum absolute atomic E-state index is 0.000848. The molecule has 9 nitrogen and oxygen atoms in total. The van der Waals surface area contributed by atoms with Crippen molar-refractivity contribution in [3.05, 3.63) is 62.4 Å². The number of aromatic nitrogens is 1. The van der Waals surface area contributed by atoms with E-state index in [-0.39, 0.29) is 17.0 Å². The van der Waals surface area contributed by atoms with E-state index in [0.717, 1.165) is 17.6 Å². The summed E-state index contributed by atoms with van der Waals surface area (Å²) < 4.78 is 11.1. The molecule has 0 radical (unpaired) electrons. The molecule has 0 saturated carbocycles. The highest BCUT2D eigenvalue weighted by Crippen LogP contribution is 2.41. The second kappa shape index (κ2) is 10.3. The van der Waals surface area contributed by atoms with Crippen LogP contribution in [0.15, 0.2) is 34.3 Å². The van der Waals surface area contributed by atoms with Crippen LogP contribution < -0.4 is 0 Å². The lowest BCUT2D eigenvalue weighted by Crippen LogP contribution is -2.42. The number of Topliss-reactive ketones (excluding diaryl/α,β-unsaturated/α-hetero) is 1. The van der Waals surface area contributed by atoms with Gasteiger partial charge in [-0.05, 0) is 37.1 Å². The van der Waals surface area contributed by atoms with Crippen LogP contribution in [0.25, 0.3) is 5.76 Å². The number of hydrogen-bond donors (Lipinski definition) is 2. The molecule has 3 heterocycles. The number of esters is 1. The minimum atomic E-state index is -0.764. The van der Waals surface area contributed by atoms with Crippen molar-refractivity contribution in [1.82, 2.24) is 14.8 Å². The third-order valence-electron chi connectivity index (χ3n) is 6.55. The molecule has 0 unspecified atom stereocenters. The Balaban J connectivity index is 1.79. The SMILES string of the molecule is COC(=O)c1[nH]c(C)c(C(O)=C2C(=O)C(=O)N(CCN3CCOCC3)[C@@H]2c2ccc(Br)cc2)c1C. The van der Waals surface area contributed by atoms with E-state index in [2.05, 4.69) is 25.8 Å². The van der Waals surface area contributed by atoms with Gasteiger partial charge in [-0.25, -0.2) is 4.79 Å². The first-order valence-corrected chi connectivity index (χ1v) is 12.2. The molecule has 1 atom stereocenters. The third-order valence-corrected chi connectivity index (χ3v) is 7.08. The lowest BCUT2D eigenvalue weighted by molar-refractivity contribution is -0.140. The molecular weight excluding hydrogens is 518 g/mol. The van der Waals surface area contributed by atoms with E-state index in [9.17, 15) is 19.5 Å². The highest BCUT2D eigenvalue weighted by atomic mass is 79.9. The van der Waals surface area contributed by atoms with Crippen LogP contribution in [0.1, 0.15) is 38.9 Å². The molecule has 2 N–H and O–H groups in total. The molecule has 2 aliphatic heterocycles. The largest absolute Gasteiger partial charge is 0.507 e. The van der Waals surface area contributed by atoms with Crippen LogP contribution in [-0.2, 0) is 19.1 Å². The zero-order valence-electron chi connectivity index (χ0n) is 19.9. The van der Waals surface area contributed by atoms with Crippen molar-refractivity contribution in [2.45, 2.75) is 19.9 Å². The zero-order chi connectivity index (χ0) is 25.3. The molecule has 35 heavy (non-hydrogen) atoms. The predicted octanol–water partition coefficient (Wildman–Crippen LogP) is 2.93. The highest BCUT2D eigenvalue weighted by Gasteiger charge is 2.46. The van der Waals surface area contributed by atoms with Crippen LogP contribution in [0.2, 0.25) is 0 Å². The minimum Gasteiger partial charge on any atom is -0.507 e. The van der Waals surface area contributed by atoms with E-state index in [1.807, 2.05) is 24.3 Å². The first kappa shape index (κ1) is 25.2. The summed E-state index contributed by atoms with van der Waals surface area (Å²) in [5.41, 5.74) is 2.15. The Bertz CT molecular complexity index is 1180. The summed E-state index contributed by atoms with van der Waals surface area (Å²) in [4.78, 5) is 45.3. The number of aromatic amines is 1. The van der Waals surface area contributed by atoms with E-state index in [1.54, 1.807) is 13.8 Å². The van der Waals surface area contributed by atoms with Gasteiger partial charge in [0.25, 0.3) is 11.7 Å². The molecule has 0 spiro atoms. The number of aliphatic hydroxyl groups is 1. The smallest absolute Gasteiger partial charge is 0.354 e. The molecule has 0 bridgehead atoms. The van der Waals surface area contributed by atoms with Gasteiger partial charge in [-0.3, -0.25) is 14.5 Å². The number of nitrogens with one attached hydrogen (secondary N) is 1. The summed E-state index contributed by atoms with van der Waals surface area (Å²) >= 11 is 3.42. The summed E-state index contributed by atoms with van der Waals surface area (Å²) in [5.74, 6) is -2.31. The average molecular weight is 546 g/mol. The monoisotopic (exact) mass is 545 g/mol. The number of nitrogens with zero attached hydrogens (tertiary/aromatic N) is 2. The maximum atomic E-state index is 13.3. The van der Waals surface area contributed by atoms with Crippen LogP contribution >= 0.6 is 15.9 Å². The first-order chi connectivity index (χ1) is 16.7. The van der Waals surface area contributed by atoms with Gasteiger partial charge in [0.1, 0.15) is 11.5 Å². The second-order valence-electron chi connectivity index (χ2n) is 8.61. The first-order valence-electron chi connectivity index (χ1n) is 11.4. The number of carbonyl (C=O) groups is 3. The van der Waals surface area contributed by atoms with Crippen molar-refractivity contribution in [1.29, 1.82) is 0 Å². The number of hydrogen-bond acceptors (Lipinski definition) is 7. The number of amides is 1. The Labute approximate surface area is 211 Å².